The first-order chi connectivity index (χ1) is 15.0. The van der Waals surface area contributed by atoms with Crippen LogP contribution in [0.3, 0.4) is 0 Å². The van der Waals surface area contributed by atoms with Crippen molar-refractivity contribution in [2.45, 2.75) is 30.4 Å². The first-order valence-electron chi connectivity index (χ1n) is 10.8. The highest BCUT2D eigenvalue weighted by atomic mass is 32.2. The summed E-state index contributed by atoms with van der Waals surface area (Å²) >= 11 is 0. The zero-order chi connectivity index (χ0) is 21.4. The molecule has 2 aromatic rings. The molecule has 3 aliphatic heterocycles. The van der Waals surface area contributed by atoms with E-state index in [-0.39, 0.29) is 17.1 Å². The summed E-state index contributed by atoms with van der Waals surface area (Å²) in [6, 6.07) is 14.0. The van der Waals surface area contributed by atoms with Gasteiger partial charge in [-0.05, 0) is 49.1 Å². The second-order valence-corrected chi connectivity index (χ2v) is 10.1. The minimum atomic E-state index is -3.73. The fourth-order valence-corrected chi connectivity index (χ4v) is 6.23. The molecule has 0 unspecified atom stereocenters. The number of fused-ring (bicyclic) bond motifs is 1. The minimum absolute atomic E-state index is 0.134. The number of likely N-dealkylation sites (tertiary alicyclic amines) is 1. The molecule has 1 amide bonds. The fraction of sp³-hybridized carbons (Fsp3) is 0.435. The highest BCUT2D eigenvalue weighted by molar-refractivity contribution is 7.92. The number of amides is 1. The van der Waals surface area contributed by atoms with E-state index < -0.39 is 10.0 Å². The second kappa shape index (κ2) is 8.26. The van der Waals surface area contributed by atoms with Gasteiger partial charge in [0, 0.05) is 31.1 Å². The van der Waals surface area contributed by atoms with Gasteiger partial charge in [0.25, 0.3) is 15.9 Å². The predicted molar refractivity (Wildman–Crippen MR) is 115 cm³/mol. The van der Waals surface area contributed by atoms with E-state index in [1.165, 1.54) is 10.4 Å². The summed E-state index contributed by atoms with van der Waals surface area (Å²) in [6.45, 7) is 2.91. The van der Waals surface area contributed by atoms with Gasteiger partial charge < -0.3 is 14.4 Å². The van der Waals surface area contributed by atoms with Crippen molar-refractivity contribution in [3.63, 3.8) is 0 Å². The lowest BCUT2D eigenvalue weighted by Crippen LogP contribution is -2.41. The molecular weight excluding hydrogens is 416 g/mol. The molecule has 7 nitrogen and oxygen atoms in total. The highest BCUT2D eigenvalue weighted by Crippen LogP contribution is 2.33. The fourth-order valence-electron chi connectivity index (χ4n) is 4.68. The van der Waals surface area contributed by atoms with Gasteiger partial charge in [-0.25, -0.2) is 8.42 Å². The van der Waals surface area contributed by atoms with Gasteiger partial charge in [-0.1, -0.05) is 24.3 Å². The Morgan fingerprint density at radius 3 is 2.45 bits per heavy atom. The van der Waals surface area contributed by atoms with Gasteiger partial charge in [0.2, 0.25) is 0 Å². The second-order valence-electron chi connectivity index (χ2n) is 8.22. The SMILES string of the molecule is O=C(c1cccc(S(=O)(=O)N2CCc3ccccc32)c1)N1CCC(C2OCCO2)CC1. The van der Waals surface area contributed by atoms with E-state index >= 15 is 0 Å². The number of nitrogens with zero attached hydrogens (tertiary/aromatic N) is 2. The van der Waals surface area contributed by atoms with Gasteiger partial charge in [0.05, 0.1) is 23.8 Å². The number of hydrogen-bond acceptors (Lipinski definition) is 5. The van der Waals surface area contributed by atoms with Gasteiger partial charge in [-0.15, -0.1) is 0 Å². The molecule has 0 aliphatic carbocycles. The Morgan fingerprint density at radius 1 is 0.935 bits per heavy atom. The largest absolute Gasteiger partial charge is 0.350 e. The van der Waals surface area contributed by atoms with Crippen LogP contribution < -0.4 is 4.31 Å². The van der Waals surface area contributed by atoms with Crippen molar-refractivity contribution >= 4 is 21.6 Å². The molecule has 0 N–H and O–H groups in total. The predicted octanol–water partition coefficient (Wildman–Crippen LogP) is 2.66. The van der Waals surface area contributed by atoms with Crippen molar-refractivity contribution in [1.82, 2.24) is 4.90 Å². The smallest absolute Gasteiger partial charge is 0.264 e. The monoisotopic (exact) mass is 442 g/mol. The van der Waals surface area contributed by atoms with Crippen LogP contribution in [0.25, 0.3) is 0 Å². The molecule has 0 aromatic heterocycles. The summed E-state index contributed by atoms with van der Waals surface area (Å²) < 4.78 is 39.3. The summed E-state index contributed by atoms with van der Waals surface area (Å²) in [5.74, 6) is 0.166. The third kappa shape index (κ3) is 3.84. The zero-order valence-corrected chi connectivity index (χ0v) is 18.1. The van der Waals surface area contributed by atoms with Crippen molar-refractivity contribution in [2.24, 2.45) is 5.92 Å². The van der Waals surface area contributed by atoms with Crippen LogP contribution in [0.1, 0.15) is 28.8 Å². The topological polar surface area (TPSA) is 76.2 Å². The van der Waals surface area contributed by atoms with E-state index in [0.29, 0.717) is 50.8 Å². The van der Waals surface area contributed by atoms with Crippen LogP contribution in [0.4, 0.5) is 5.69 Å². The molecule has 8 heteroatoms. The molecular formula is C23H26N2O5S. The van der Waals surface area contributed by atoms with Crippen molar-refractivity contribution in [1.29, 1.82) is 0 Å². The Hall–Kier alpha value is -2.42. The number of piperidine rings is 1. The maximum atomic E-state index is 13.3. The first-order valence-corrected chi connectivity index (χ1v) is 12.2. The minimum Gasteiger partial charge on any atom is -0.350 e. The molecule has 31 heavy (non-hydrogen) atoms. The molecule has 0 radical (unpaired) electrons. The highest BCUT2D eigenvalue weighted by Gasteiger charge is 2.33. The molecule has 0 bridgehead atoms. The number of rotatable bonds is 4. The van der Waals surface area contributed by atoms with Crippen LogP contribution in [-0.4, -0.2) is 58.4 Å². The molecule has 3 aliphatic rings. The summed E-state index contributed by atoms with van der Waals surface area (Å²) in [6.07, 6.45) is 2.17. The van der Waals surface area contributed by atoms with Crippen LogP contribution in [0, 0.1) is 5.92 Å². The van der Waals surface area contributed by atoms with E-state index in [9.17, 15) is 13.2 Å². The van der Waals surface area contributed by atoms with Crippen molar-refractivity contribution in [2.75, 3.05) is 37.2 Å². The molecule has 2 aromatic carbocycles. The molecule has 2 saturated heterocycles. The summed E-state index contributed by atoms with van der Waals surface area (Å²) in [5, 5.41) is 0. The van der Waals surface area contributed by atoms with Crippen LogP contribution in [0.5, 0.6) is 0 Å². The number of ether oxygens (including phenoxy) is 2. The van der Waals surface area contributed by atoms with E-state index in [1.54, 1.807) is 23.1 Å². The van der Waals surface area contributed by atoms with Gasteiger partial charge in [0.15, 0.2) is 6.29 Å². The lowest BCUT2D eigenvalue weighted by Gasteiger charge is -2.34. The molecule has 164 valence electrons. The van der Waals surface area contributed by atoms with Gasteiger partial charge in [-0.2, -0.15) is 0 Å². The van der Waals surface area contributed by atoms with Gasteiger partial charge in [-0.3, -0.25) is 9.10 Å². The van der Waals surface area contributed by atoms with E-state index in [1.807, 2.05) is 24.3 Å². The number of para-hydroxylation sites is 1. The number of anilines is 1. The zero-order valence-electron chi connectivity index (χ0n) is 17.3. The maximum absolute atomic E-state index is 13.3. The summed E-state index contributed by atoms with van der Waals surface area (Å²) in [5.41, 5.74) is 2.15. The Bertz CT molecular complexity index is 1070. The lowest BCUT2D eigenvalue weighted by atomic mass is 9.95. The third-order valence-corrected chi connectivity index (χ3v) is 8.18. The molecule has 3 heterocycles. The number of benzene rings is 2. The van der Waals surface area contributed by atoms with Crippen LogP contribution >= 0.6 is 0 Å². The third-order valence-electron chi connectivity index (χ3n) is 6.37. The van der Waals surface area contributed by atoms with Crippen LogP contribution in [0.2, 0.25) is 0 Å². The van der Waals surface area contributed by atoms with Crippen LogP contribution in [-0.2, 0) is 25.9 Å². The van der Waals surface area contributed by atoms with Gasteiger partial charge in [0.1, 0.15) is 0 Å². The van der Waals surface area contributed by atoms with Crippen molar-refractivity contribution < 1.29 is 22.7 Å². The number of carbonyl (C=O) groups excluding carboxylic acids is 1. The number of carbonyl (C=O) groups is 1. The van der Waals surface area contributed by atoms with E-state index in [2.05, 4.69) is 0 Å². The molecule has 0 spiro atoms. The normalized spacial score (nSPS) is 20.3. The number of sulfonamides is 1. The van der Waals surface area contributed by atoms with Crippen molar-refractivity contribution in [3.8, 4) is 0 Å². The standard InChI is InChI=1S/C23H26N2O5S/c26-22(24-11-8-18(9-12-24)23-29-14-15-30-23)19-5-3-6-20(16-19)31(27,28)25-13-10-17-4-1-2-7-21(17)25/h1-7,16,18,23H,8-15H2. The Morgan fingerprint density at radius 2 is 1.68 bits per heavy atom. The maximum Gasteiger partial charge on any atom is 0.264 e. The summed E-state index contributed by atoms with van der Waals surface area (Å²) in [4.78, 5) is 15.0. The Labute approximate surface area is 182 Å². The van der Waals surface area contributed by atoms with Gasteiger partial charge >= 0.3 is 0 Å². The Kier molecular flexibility index (Phi) is 5.45. The quantitative estimate of drug-likeness (QED) is 0.728. The van der Waals surface area contributed by atoms with E-state index in [0.717, 1.165) is 24.1 Å². The average Bonchev–Trinajstić information content (AvgIpc) is 3.49. The Balaban J connectivity index is 1.32. The summed E-state index contributed by atoms with van der Waals surface area (Å²) in [7, 11) is -3.73. The lowest BCUT2D eigenvalue weighted by molar-refractivity contribution is -0.0956. The van der Waals surface area contributed by atoms with Crippen molar-refractivity contribution in [3.05, 3.63) is 59.7 Å². The molecule has 0 saturated carbocycles. The molecule has 0 atom stereocenters. The first kappa shape index (κ1) is 20.5. The number of hydrogen-bond donors (Lipinski definition) is 0. The molecule has 2 fully saturated rings. The van der Waals surface area contributed by atoms with Crippen LogP contribution in [0.15, 0.2) is 53.4 Å². The average molecular weight is 443 g/mol. The molecule has 5 rings (SSSR count). The van der Waals surface area contributed by atoms with E-state index in [4.69, 9.17) is 9.47 Å².